The summed E-state index contributed by atoms with van der Waals surface area (Å²) < 4.78 is 87.4. The summed E-state index contributed by atoms with van der Waals surface area (Å²) in [6.07, 6.45) is 11.8. The van der Waals surface area contributed by atoms with Crippen molar-refractivity contribution in [3.8, 4) is 0 Å². The van der Waals surface area contributed by atoms with Crippen LogP contribution in [0.25, 0.3) is 0 Å². The summed E-state index contributed by atoms with van der Waals surface area (Å²) in [6.45, 7) is 10.7. The number of pyridine rings is 2. The number of halogens is 6. The third kappa shape index (κ3) is 12.6. The van der Waals surface area contributed by atoms with E-state index in [0.717, 1.165) is 126 Å². The van der Waals surface area contributed by atoms with Gasteiger partial charge in [0.25, 0.3) is 0 Å². The molecular formula is C59H89F6N3O7. The number of hydrogen-bond acceptors (Lipinski definition) is 9. The van der Waals surface area contributed by atoms with Gasteiger partial charge in [-0.05, 0) is 224 Å². The number of aliphatic carboxylic acids is 1. The van der Waals surface area contributed by atoms with Crippen LogP contribution in [0.3, 0.4) is 0 Å². The Kier molecular flexibility index (Phi) is 19.4. The smallest absolute Gasteiger partial charge is 0.419 e. The molecule has 8 saturated carbocycles. The van der Waals surface area contributed by atoms with Crippen molar-refractivity contribution >= 4 is 17.6 Å². The predicted molar refractivity (Wildman–Crippen MR) is 277 cm³/mol. The monoisotopic (exact) mass is 1070 g/mol. The molecule has 16 atom stereocenters. The molecule has 10 nitrogen and oxygen atoms in total. The molecule has 8 fully saturated rings. The summed E-state index contributed by atoms with van der Waals surface area (Å²) >= 11 is 0. The van der Waals surface area contributed by atoms with E-state index < -0.39 is 46.5 Å². The van der Waals surface area contributed by atoms with Gasteiger partial charge in [0.15, 0.2) is 0 Å². The van der Waals surface area contributed by atoms with Crippen LogP contribution in [-0.4, -0.2) is 74.7 Å². The maximum absolute atomic E-state index is 13.5. The van der Waals surface area contributed by atoms with Gasteiger partial charge in [-0.2, -0.15) is 26.3 Å². The average molecular weight is 1070 g/mol. The van der Waals surface area contributed by atoms with E-state index in [1.165, 1.54) is 43.8 Å². The van der Waals surface area contributed by atoms with Gasteiger partial charge in [-0.1, -0.05) is 28.7 Å². The molecule has 0 aliphatic heterocycles. The zero-order valence-electron chi connectivity index (χ0n) is 43.4. The van der Waals surface area contributed by atoms with E-state index in [9.17, 15) is 51.3 Å². The van der Waals surface area contributed by atoms with Crippen LogP contribution in [0.15, 0.2) is 36.7 Å². The van der Waals surface area contributed by atoms with Crippen molar-refractivity contribution in [3.63, 3.8) is 0 Å². The van der Waals surface area contributed by atoms with Crippen LogP contribution in [0.4, 0.5) is 32.2 Å². The maximum Gasteiger partial charge on any atom is 0.419 e. The Morgan fingerprint density at radius 2 is 1.05 bits per heavy atom. The fourth-order valence-electron chi connectivity index (χ4n) is 17.5. The highest BCUT2D eigenvalue weighted by molar-refractivity contribution is 5.84. The summed E-state index contributed by atoms with van der Waals surface area (Å²) in [6, 6.07) is 4.39. The topological polar surface area (TPSA) is 165 Å². The van der Waals surface area contributed by atoms with Crippen molar-refractivity contribution < 1.29 is 60.7 Å². The van der Waals surface area contributed by atoms with Crippen molar-refractivity contribution in [2.24, 2.45) is 81.8 Å². The van der Waals surface area contributed by atoms with Crippen molar-refractivity contribution in [1.82, 2.24) is 9.97 Å². The summed E-state index contributed by atoms with van der Waals surface area (Å²) in [7, 11) is 0. The number of nitrogens with zero attached hydrogens (tertiary/aromatic N) is 2. The Morgan fingerprint density at radius 3 is 1.49 bits per heavy atom. The number of nitrogens with two attached hydrogens (primary N) is 1. The van der Waals surface area contributed by atoms with Crippen molar-refractivity contribution in [3.05, 3.63) is 53.5 Å². The minimum absolute atomic E-state index is 0. The van der Waals surface area contributed by atoms with Gasteiger partial charge in [0.1, 0.15) is 11.6 Å². The minimum Gasteiger partial charge on any atom is -0.481 e. The molecule has 2 heterocycles. The van der Waals surface area contributed by atoms with E-state index in [0.29, 0.717) is 67.9 Å². The number of ketones is 1. The van der Waals surface area contributed by atoms with Crippen LogP contribution in [0, 0.1) is 81.8 Å². The number of carboxylic acid groups (broad SMARTS) is 1. The molecule has 0 unspecified atom stereocenters. The number of anilines is 1. The number of alkyl halides is 6. The lowest BCUT2D eigenvalue weighted by Gasteiger charge is -2.57. The molecule has 424 valence electrons. The first-order chi connectivity index (χ1) is 34.4. The molecule has 75 heavy (non-hydrogen) atoms. The molecule has 8 aliphatic carbocycles. The van der Waals surface area contributed by atoms with E-state index >= 15 is 0 Å². The third-order valence-electron chi connectivity index (χ3n) is 20.7. The average Bonchev–Trinajstić information content (AvgIpc) is 3.89. The van der Waals surface area contributed by atoms with Gasteiger partial charge >= 0.3 is 18.3 Å². The van der Waals surface area contributed by atoms with Crippen LogP contribution in [0.1, 0.15) is 175 Å². The lowest BCUT2D eigenvalue weighted by Crippen LogP contribution is -2.52. The molecule has 0 spiro atoms. The standard InChI is InChI=1S/C29H40F3NO3.C22H36O4.C6H5F3N2.2CH4/c1-3-36-17-28(35)13-11-19-18(16-28)6-7-21-20(19)10-12-27(2)22(21)8-9-24(27)26(34)15-25-23(29(30,31)32)5-4-14-33-25;1-3-26-13-22(25)11-9-15-14(12-22)4-5-17-16(15)8-10-21(2)18(17)6-7-19(21)20(23)24;7-6(8,9)4-2-1-3-11-5(4)10;;/h4-5,14,18-22,24,35H,3,6-13,15-17H2,1-2H3;14-19,25H,3-13H2,1-2H3,(H,23,24);1-3H,(H2,10,11);2*1H4/t18-,19+,20-,21-,22+,24-,27+,28-;14-,15+,16-,17-,18+,19-,21+,22-;;;/m11.../s1. The first-order valence-corrected chi connectivity index (χ1v) is 27.6. The second-order valence-electron chi connectivity index (χ2n) is 24.3. The highest BCUT2D eigenvalue weighted by Gasteiger charge is 2.61. The number of aromatic nitrogens is 2. The number of hydrogen-bond donors (Lipinski definition) is 4. The lowest BCUT2D eigenvalue weighted by molar-refractivity contribution is -0.152. The number of ether oxygens (including phenoxy) is 2. The summed E-state index contributed by atoms with van der Waals surface area (Å²) in [5, 5.41) is 31.7. The van der Waals surface area contributed by atoms with Crippen LogP contribution in [0.2, 0.25) is 0 Å². The highest BCUT2D eigenvalue weighted by atomic mass is 19.4. The van der Waals surface area contributed by atoms with Crippen LogP contribution in [0.5, 0.6) is 0 Å². The third-order valence-corrected chi connectivity index (χ3v) is 20.7. The summed E-state index contributed by atoms with van der Waals surface area (Å²) in [5.74, 6) is 4.87. The van der Waals surface area contributed by atoms with Gasteiger partial charge in [0.2, 0.25) is 0 Å². The van der Waals surface area contributed by atoms with Crippen LogP contribution < -0.4 is 5.73 Å². The molecule has 2 aromatic heterocycles. The predicted octanol–water partition coefficient (Wildman–Crippen LogP) is 13.3. The molecule has 16 heteroatoms. The molecule has 0 amide bonds. The van der Waals surface area contributed by atoms with Gasteiger partial charge in [-0.3, -0.25) is 14.6 Å². The number of carbonyl (C=O) groups is 2. The Labute approximate surface area is 442 Å². The fourth-order valence-corrected chi connectivity index (χ4v) is 17.5. The molecule has 0 saturated heterocycles. The molecule has 0 aromatic carbocycles. The van der Waals surface area contributed by atoms with Crippen molar-refractivity contribution in [2.75, 3.05) is 32.2 Å². The second-order valence-corrected chi connectivity index (χ2v) is 24.3. The minimum atomic E-state index is -4.50. The number of fused-ring (bicyclic) bond motifs is 10. The van der Waals surface area contributed by atoms with E-state index in [2.05, 4.69) is 23.8 Å². The summed E-state index contributed by atoms with van der Waals surface area (Å²) in [5.41, 5.74) is 1.73. The van der Waals surface area contributed by atoms with E-state index in [-0.39, 0.29) is 55.4 Å². The fraction of sp³-hybridized carbons (Fsp3) is 0.797. The van der Waals surface area contributed by atoms with E-state index in [1.807, 2.05) is 13.8 Å². The van der Waals surface area contributed by atoms with Gasteiger partial charge < -0.3 is 30.5 Å². The molecule has 10 rings (SSSR count). The molecular weight excluding hydrogens is 977 g/mol. The number of nitrogen functional groups attached to an aromatic ring is 1. The SMILES string of the molecule is C.C.CCOC[C@@]1(O)CC[C@H]2[C@H](CC[C@@H]3[C@@H]2CC[C@]2(C)[C@@H](C(=O)Cc4ncccc4C(F)(F)F)CC[C@@H]32)C1.CCOC[C@@]1(O)CC[C@H]2[C@H](CC[C@@H]3[C@@H]2CC[C@]2(C)[C@@H](C(=O)O)CC[C@@H]32)C1.Nc1ncccc1C(F)(F)F. The van der Waals surface area contributed by atoms with E-state index in [1.54, 1.807) is 0 Å². The Balaban J connectivity index is 0.000000204. The van der Waals surface area contributed by atoms with E-state index in [4.69, 9.17) is 15.2 Å². The first-order valence-electron chi connectivity index (χ1n) is 27.6. The van der Waals surface area contributed by atoms with Gasteiger partial charge in [0, 0.05) is 37.9 Å². The first kappa shape index (κ1) is 60.9. The zero-order valence-corrected chi connectivity index (χ0v) is 43.4. The van der Waals surface area contributed by atoms with Crippen LogP contribution >= 0.6 is 0 Å². The molecule has 2 aromatic rings. The van der Waals surface area contributed by atoms with Gasteiger partial charge in [-0.15, -0.1) is 0 Å². The molecule has 5 N–H and O–H groups in total. The Bertz CT molecular complexity index is 2230. The van der Waals surface area contributed by atoms with Crippen LogP contribution in [-0.2, 0) is 37.8 Å². The quantitative estimate of drug-likeness (QED) is 0.168. The zero-order chi connectivity index (χ0) is 52.7. The number of Topliss-reactive ketones (excluding diaryl/α,β-unsaturated/α-hetero) is 1. The Morgan fingerprint density at radius 1 is 0.613 bits per heavy atom. The second kappa shape index (κ2) is 23.9. The van der Waals surface area contributed by atoms with Crippen molar-refractivity contribution in [2.45, 2.75) is 188 Å². The number of carboxylic acids is 1. The normalized spacial score (nSPS) is 38.6. The maximum atomic E-state index is 13.5. The molecule has 0 bridgehead atoms. The summed E-state index contributed by atoms with van der Waals surface area (Å²) in [4.78, 5) is 32.5. The lowest BCUT2D eigenvalue weighted by atomic mass is 9.49. The van der Waals surface area contributed by atoms with Gasteiger partial charge in [0.05, 0.1) is 47.2 Å². The molecule has 0 radical (unpaired) electrons. The Hall–Kier alpha value is -3.34. The highest BCUT2D eigenvalue weighted by Crippen LogP contribution is 2.66. The van der Waals surface area contributed by atoms with Crippen molar-refractivity contribution in [1.29, 1.82) is 0 Å². The van der Waals surface area contributed by atoms with Gasteiger partial charge in [-0.25, -0.2) is 4.98 Å². The number of rotatable bonds is 10. The number of carbonyl (C=O) groups excluding carboxylic acids is 1. The largest absolute Gasteiger partial charge is 0.481 e. The number of aliphatic hydroxyl groups is 2. The molecule has 8 aliphatic rings.